The fourth-order valence-electron chi connectivity index (χ4n) is 3.03. The number of hydrogen-bond acceptors (Lipinski definition) is 3. The Morgan fingerprint density at radius 2 is 2.00 bits per heavy atom. The highest BCUT2D eigenvalue weighted by atomic mass is 16.6. The van der Waals surface area contributed by atoms with Crippen LogP contribution in [0.2, 0.25) is 0 Å². The number of cyclic esters (lactones) is 1. The normalized spacial score (nSPS) is 39.2. The second kappa shape index (κ2) is 4.24. The predicted octanol–water partition coefficient (Wildman–Crippen LogP) is 1.83. The summed E-state index contributed by atoms with van der Waals surface area (Å²) in [5.41, 5.74) is 0. The Labute approximate surface area is 95.7 Å². The van der Waals surface area contributed by atoms with Crippen molar-refractivity contribution in [1.82, 2.24) is 5.32 Å². The lowest BCUT2D eigenvalue weighted by Crippen LogP contribution is -2.36. The van der Waals surface area contributed by atoms with Crippen molar-refractivity contribution in [2.75, 3.05) is 6.61 Å². The van der Waals surface area contributed by atoms with Gasteiger partial charge in [0.05, 0.1) is 12.6 Å². The average Bonchev–Trinajstić information content (AvgIpc) is 3.06. The molecule has 1 saturated carbocycles. The fraction of sp³-hybridized carbons (Fsp3) is 0.917. The van der Waals surface area contributed by atoms with E-state index in [0.717, 1.165) is 18.9 Å². The number of alkyl carbamates (subject to hydrolysis) is 1. The molecule has 0 radical (unpaired) electrons. The number of carbonyl (C=O) groups is 1. The molecule has 0 unspecified atom stereocenters. The van der Waals surface area contributed by atoms with Gasteiger partial charge < -0.3 is 14.8 Å². The van der Waals surface area contributed by atoms with Crippen LogP contribution in [0.3, 0.4) is 0 Å². The summed E-state index contributed by atoms with van der Waals surface area (Å²) in [4.78, 5) is 11.2. The number of amides is 1. The third-order valence-electron chi connectivity index (χ3n) is 3.98. The zero-order chi connectivity index (χ0) is 11.0. The average molecular weight is 225 g/mol. The third kappa shape index (κ3) is 2.17. The van der Waals surface area contributed by atoms with Gasteiger partial charge in [0.1, 0.15) is 6.10 Å². The largest absolute Gasteiger partial charge is 0.441 e. The van der Waals surface area contributed by atoms with Gasteiger partial charge in [-0.15, -0.1) is 0 Å². The molecule has 2 saturated heterocycles. The molecular weight excluding hydrogens is 206 g/mol. The molecular formula is C12H19NO3. The van der Waals surface area contributed by atoms with E-state index in [4.69, 9.17) is 9.47 Å². The van der Waals surface area contributed by atoms with Gasteiger partial charge in [-0.2, -0.15) is 0 Å². The van der Waals surface area contributed by atoms with E-state index in [1.54, 1.807) is 0 Å². The van der Waals surface area contributed by atoms with Gasteiger partial charge in [0.2, 0.25) is 0 Å². The molecule has 90 valence electrons. The summed E-state index contributed by atoms with van der Waals surface area (Å²) in [7, 11) is 0. The number of epoxide rings is 1. The molecule has 1 N–H and O–H groups in total. The van der Waals surface area contributed by atoms with Gasteiger partial charge in [0.25, 0.3) is 0 Å². The Balaban J connectivity index is 1.57. The molecule has 2 aliphatic heterocycles. The van der Waals surface area contributed by atoms with Crippen molar-refractivity contribution in [2.45, 2.75) is 56.8 Å². The predicted molar refractivity (Wildman–Crippen MR) is 58.1 cm³/mol. The Kier molecular flexibility index (Phi) is 2.75. The van der Waals surface area contributed by atoms with E-state index in [1.165, 1.54) is 32.1 Å². The van der Waals surface area contributed by atoms with Crippen molar-refractivity contribution in [3.05, 3.63) is 0 Å². The van der Waals surface area contributed by atoms with Crippen LogP contribution >= 0.6 is 0 Å². The molecule has 0 bridgehead atoms. The zero-order valence-electron chi connectivity index (χ0n) is 9.48. The van der Waals surface area contributed by atoms with Gasteiger partial charge in [0, 0.05) is 0 Å². The minimum absolute atomic E-state index is 0.0329. The van der Waals surface area contributed by atoms with Crippen LogP contribution < -0.4 is 5.32 Å². The molecule has 3 fully saturated rings. The van der Waals surface area contributed by atoms with Crippen molar-refractivity contribution in [3.63, 3.8) is 0 Å². The van der Waals surface area contributed by atoms with E-state index in [2.05, 4.69) is 5.32 Å². The van der Waals surface area contributed by atoms with Crippen LogP contribution in [0, 0.1) is 5.92 Å². The van der Waals surface area contributed by atoms with E-state index in [0.29, 0.717) is 0 Å². The van der Waals surface area contributed by atoms with Gasteiger partial charge in [0.15, 0.2) is 6.10 Å². The third-order valence-corrected chi connectivity index (χ3v) is 3.98. The van der Waals surface area contributed by atoms with Gasteiger partial charge in [-0.3, -0.25) is 0 Å². The second-order valence-electron chi connectivity index (χ2n) is 5.23. The zero-order valence-corrected chi connectivity index (χ0v) is 9.48. The molecule has 0 spiro atoms. The van der Waals surface area contributed by atoms with Gasteiger partial charge >= 0.3 is 6.09 Å². The number of ether oxygens (including phenoxy) is 2. The first-order chi connectivity index (χ1) is 7.83. The first kappa shape index (κ1) is 10.4. The summed E-state index contributed by atoms with van der Waals surface area (Å²) < 4.78 is 10.5. The molecule has 16 heavy (non-hydrogen) atoms. The van der Waals surface area contributed by atoms with Crippen LogP contribution in [0.4, 0.5) is 4.79 Å². The van der Waals surface area contributed by atoms with Crippen LogP contribution in [-0.4, -0.2) is 30.9 Å². The fourth-order valence-corrected chi connectivity index (χ4v) is 3.03. The standard InChI is InChI=1S/C12H19NO3/c14-12-13-9(11(16-12)10-7-15-10)6-8-4-2-1-3-5-8/h8-11H,1-7H2,(H,13,14)/t9-,10-,11+/m0/s1. The molecule has 4 nitrogen and oxygen atoms in total. The van der Waals surface area contributed by atoms with Crippen LogP contribution in [0.15, 0.2) is 0 Å². The number of rotatable bonds is 3. The van der Waals surface area contributed by atoms with Crippen LogP contribution in [0.5, 0.6) is 0 Å². The van der Waals surface area contributed by atoms with E-state index >= 15 is 0 Å². The Bertz CT molecular complexity index is 271. The smallest absolute Gasteiger partial charge is 0.407 e. The minimum atomic E-state index is -0.263. The highest BCUT2D eigenvalue weighted by Gasteiger charge is 2.46. The summed E-state index contributed by atoms with van der Waals surface area (Å²) in [5, 5.41) is 2.93. The summed E-state index contributed by atoms with van der Waals surface area (Å²) in [6.07, 6.45) is 7.61. The summed E-state index contributed by atoms with van der Waals surface area (Å²) in [6, 6.07) is 0.183. The highest BCUT2D eigenvalue weighted by molar-refractivity contribution is 5.70. The van der Waals surface area contributed by atoms with Gasteiger partial charge in [-0.25, -0.2) is 4.79 Å². The SMILES string of the molecule is O=C1N[C@@H](CC2CCCCC2)[C@H]([C@@H]2CO2)O1. The lowest BCUT2D eigenvalue weighted by Gasteiger charge is -2.25. The molecule has 3 atom stereocenters. The van der Waals surface area contributed by atoms with E-state index in [1.807, 2.05) is 0 Å². The van der Waals surface area contributed by atoms with Gasteiger partial charge in [-0.05, 0) is 12.3 Å². The van der Waals surface area contributed by atoms with Crippen LogP contribution in [0.1, 0.15) is 38.5 Å². The number of hydrogen-bond donors (Lipinski definition) is 1. The molecule has 1 aliphatic carbocycles. The van der Waals surface area contributed by atoms with E-state index < -0.39 is 0 Å². The Morgan fingerprint density at radius 3 is 2.69 bits per heavy atom. The Hall–Kier alpha value is -0.770. The topological polar surface area (TPSA) is 50.9 Å². The van der Waals surface area contributed by atoms with Crippen molar-refractivity contribution in [3.8, 4) is 0 Å². The monoisotopic (exact) mass is 225 g/mol. The maximum Gasteiger partial charge on any atom is 0.407 e. The first-order valence-corrected chi connectivity index (χ1v) is 6.41. The molecule has 3 aliphatic rings. The molecule has 3 rings (SSSR count). The number of nitrogens with one attached hydrogen (secondary N) is 1. The Morgan fingerprint density at radius 1 is 1.25 bits per heavy atom. The van der Waals surface area contributed by atoms with Gasteiger partial charge in [-0.1, -0.05) is 32.1 Å². The van der Waals surface area contributed by atoms with Crippen molar-refractivity contribution < 1.29 is 14.3 Å². The van der Waals surface area contributed by atoms with Crippen LogP contribution in [0.25, 0.3) is 0 Å². The molecule has 0 aromatic carbocycles. The van der Waals surface area contributed by atoms with Crippen LogP contribution in [-0.2, 0) is 9.47 Å². The molecule has 2 heterocycles. The van der Waals surface area contributed by atoms with E-state index in [-0.39, 0.29) is 24.3 Å². The maximum absolute atomic E-state index is 11.2. The molecule has 0 aromatic heterocycles. The number of carbonyl (C=O) groups excluding carboxylic acids is 1. The minimum Gasteiger partial charge on any atom is -0.441 e. The highest BCUT2D eigenvalue weighted by Crippen LogP contribution is 2.32. The first-order valence-electron chi connectivity index (χ1n) is 6.41. The molecule has 0 aromatic rings. The summed E-state index contributed by atoms with van der Waals surface area (Å²) >= 11 is 0. The van der Waals surface area contributed by atoms with Crippen molar-refractivity contribution in [2.24, 2.45) is 5.92 Å². The summed E-state index contributed by atoms with van der Waals surface area (Å²) in [5.74, 6) is 0.766. The lowest BCUT2D eigenvalue weighted by atomic mass is 9.83. The second-order valence-corrected chi connectivity index (χ2v) is 5.23. The quantitative estimate of drug-likeness (QED) is 0.745. The maximum atomic E-state index is 11.2. The summed E-state index contributed by atoms with van der Waals surface area (Å²) in [6.45, 7) is 0.751. The van der Waals surface area contributed by atoms with Crippen molar-refractivity contribution >= 4 is 6.09 Å². The lowest BCUT2D eigenvalue weighted by molar-refractivity contribution is 0.104. The van der Waals surface area contributed by atoms with E-state index in [9.17, 15) is 4.79 Å². The molecule has 4 heteroatoms. The van der Waals surface area contributed by atoms with Crippen molar-refractivity contribution in [1.29, 1.82) is 0 Å². The molecule has 1 amide bonds.